The number of carbonyl (C=O) groups excluding carboxylic acids is 2. The number of rotatable bonds is 6. The first-order chi connectivity index (χ1) is 11.7. The second-order valence-electron chi connectivity index (χ2n) is 6.71. The predicted octanol–water partition coefficient (Wildman–Crippen LogP) is 1.85. The molecule has 3 rings (SSSR count). The van der Waals surface area contributed by atoms with Gasteiger partial charge in [0.05, 0.1) is 12.5 Å². The van der Waals surface area contributed by atoms with Crippen molar-refractivity contribution in [1.29, 1.82) is 0 Å². The molecule has 1 aromatic rings. The van der Waals surface area contributed by atoms with Crippen molar-refractivity contribution in [3.63, 3.8) is 0 Å². The standard InChI is InChI=1S/C19H27N3O2.ClH/c23-18(21-11-4-5-12-21)15-17-19(24)22(14-10-20-17)13-6-9-16-7-2-1-3-8-16;/h1-3,7-8,17,20H,4-6,9-15H2;1H. The molecule has 25 heavy (non-hydrogen) atoms. The van der Waals surface area contributed by atoms with Crippen LogP contribution in [0.25, 0.3) is 0 Å². The molecule has 2 saturated heterocycles. The topological polar surface area (TPSA) is 52.7 Å². The average molecular weight is 366 g/mol. The quantitative estimate of drug-likeness (QED) is 0.837. The summed E-state index contributed by atoms with van der Waals surface area (Å²) in [5.41, 5.74) is 1.31. The molecule has 0 radical (unpaired) electrons. The van der Waals surface area contributed by atoms with E-state index in [0.717, 1.165) is 58.4 Å². The number of benzene rings is 1. The van der Waals surface area contributed by atoms with E-state index < -0.39 is 0 Å². The van der Waals surface area contributed by atoms with Gasteiger partial charge in [0.2, 0.25) is 11.8 Å². The highest BCUT2D eigenvalue weighted by Gasteiger charge is 2.31. The molecule has 6 heteroatoms. The van der Waals surface area contributed by atoms with Crippen LogP contribution in [0.2, 0.25) is 0 Å². The Morgan fingerprint density at radius 2 is 1.84 bits per heavy atom. The van der Waals surface area contributed by atoms with Crippen LogP contribution in [0.4, 0.5) is 0 Å². The zero-order chi connectivity index (χ0) is 16.8. The monoisotopic (exact) mass is 365 g/mol. The van der Waals surface area contributed by atoms with Crippen LogP contribution in [-0.2, 0) is 16.0 Å². The number of aryl methyl sites for hydroxylation is 1. The number of hydrogen-bond acceptors (Lipinski definition) is 3. The van der Waals surface area contributed by atoms with Crippen LogP contribution in [0.3, 0.4) is 0 Å². The van der Waals surface area contributed by atoms with E-state index in [2.05, 4.69) is 17.4 Å². The van der Waals surface area contributed by atoms with Crippen molar-refractivity contribution < 1.29 is 9.59 Å². The summed E-state index contributed by atoms with van der Waals surface area (Å²) >= 11 is 0. The summed E-state index contributed by atoms with van der Waals surface area (Å²) in [5, 5.41) is 3.22. The summed E-state index contributed by atoms with van der Waals surface area (Å²) < 4.78 is 0. The van der Waals surface area contributed by atoms with Gasteiger partial charge in [0, 0.05) is 32.7 Å². The predicted molar refractivity (Wildman–Crippen MR) is 101 cm³/mol. The molecule has 1 N–H and O–H groups in total. The van der Waals surface area contributed by atoms with Gasteiger partial charge < -0.3 is 15.1 Å². The maximum Gasteiger partial charge on any atom is 0.240 e. The van der Waals surface area contributed by atoms with E-state index in [4.69, 9.17) is 0 Å². The number of piperazine rings is 1. The van der Waals surface area contributed by atoms with E-state index in [0.29, 0.717) is 6.42 Å². The fourth-order valence-electron chi connectivity index (χ4n) is 3.56. The SMILES string of the molecule is Cl.O=C(CC1NCCN(CCCc2ccccc2)C1=O)N1CCCC1. The summed E-state index contributed by atoms with van der Waals surface area (Å²) in [6.07, 6.45) is 4.42. The van der Waals surface area contributed by atoms with Gasteiger partial charge >= 0.3 is 0 Å². The lowest BCUT2D eigenvalue weighted by molar-refractivity contribution is -0.140. The maximum atomic E-state index is 12.6. The number of likely N-dealkylation sites (tertiary alicyclic amines) is 1. The number of carbonyl (C=O) groups is 2. The van der Waals surface area contributed by atoms with E-state index in [1.54, 1.807) is 0 Å². The maximum absolute atomic E-state index is 12.6. The highest BCUT2D eigenvalue weighted by molar-refractivity contribution is 5.89. The van der Waals surface area contributed by atoms with Crippen LogP contribution >= 0.6 is 12.4 Å². The van der Waals surface area contributed by atoms with Gasteiger partial charge in [-0.05, 0) is 31.2 Å². The first-order valence-electron chi connectivity index (χ1n) is 9.08. The van der Waals surface area contributed by atoms with Gasteiger partial charge in [0.1, 0.15) is 0 Å². The minimum Gasteiger partial charge on any atom is -0.343 e. The first kappa shape index (κ1) is 19.7. The molecule has 2 fully saturated rings. The Bertz CT molecular complexity index is 561. The number of nitrogens with one attached hydrogen (secondary N) is 1. The molecule has 138 valence electrons. The molecule has 0 spiro atoms. The highest BCUT2D eigenvalue weighted by atomic mass is 35.5. The van der Waals surface area contributed by atoms with Crippen molar-refractivity contribution in [2.75, 3.05) is 32.7 Å². The van der Waals surface area contributed by atoms with Crippen LogP contribution in [0.15, 0.2) is 30.3 Å². The summed E-state index contributed by atoms with van der Waals surface area (Å²) in [4.78, 5) is 28.7. The molecule has 0 aromatic heterocycles. The zero-order valence-corrected chi connectivity index (χ0v) is 15.5. The molecule has 1 atom stereocenters. The third-order valence-electron chi connectivity index (χ3n) is 4.96. The Kier molecular flexibility index (Phi) is 7.72. The van der Waals surface area contributed by atoms with Gasteiger partial charge in [-0.15, -0.1) is 12.4 Å². The second kappa shape index (κ2) is 9.78. The number of nitrogens with zero attached hydrogens (tertiary/aromatic N) is 2. The zero-order valence-electron chi connectivity index (χ0n) is 14.7. The Balaban J connectivity index is 0.00000225. The lowest BCUT2D eigenvalue weighted by Crippen LogP contribution is -2.56. The lowest BCUT2D eigenvalue weighted by Gasteiger charge is -2.33. The van der Waals surface area contributed by atoms with Gasteiger partial charge in [-0.2, -0.15) is 0 Å². The molecule has 2 heterocycles. The number of hydrogen-bond donors (Lipinski definition) is 1. The van der Waals surface area contributed by atoms with E-state index in [9.17, 15) is 9.59 Å². The Labute approximate surface area is 156 Å². The number of halogens is 1. The van der Waals surface area contributed by atoms with E-state index in [1.807, 2.05) is 28.0 Å². The summed E-state index contributed by atoms with van der Waals surface area (Å²) in [5.74, 6) is 0.200. The van der Waals surface area contributed by atoms with Crippen molar-refractivity contribution >= 4 is 24.2 Å². The minimum absolute atomic E-state index is 0. The van der Waals surface area contributed by atoms with Gasteiger partial charge in [0.15, 0.2) is 0 Å². The van der Waals surface area contributed by atoms with Crippen molar-refractivity contribution in [3.8, 4) is 0 Å². The van der Waals surface area contributed by atoms with E-state index in [1.165, 1.54) is 5.56 Å². The van der Waals surface area contributed by atoms with Gasteiger partial charge in [-0.3, -0.25) is 9.59 Å². The van der Waals surface area contributed by atoms with Crippen molar-refractivity contribution in [3.05, 3.63) is 35.9 Å². The van der Waals surface area contributed by atoms with E-state index in [-0.39, 0.29) is 30.3 Å². The molecule has 0 aliphatic carbocycles. The molecular formula is C19H28ClN3O2. The van der Waals surface area contributed by atoms with Crippen LogP contribution < -0.4 is 5.32 Å². The van der Waals surface area contributed by atoms with Crippen LogP contribution in [0, 0.1) is 0 Å². The first-order valence-corrected chi connectivity index (χ1v) is 9.08. The molecule has 1 aromatic carbocycles. The lowest BCUT2D eigenvalue weighted by atomic mass is 10.1. The summed E-state index contributed by atoms with van der Waals surface area (Å²) in [6.45, 7) is 3.97. The Morgan fingerprint density at radius 1 is 1.12 bits per heavy atom. The van der Waals surface area contributed by atoms with Crippen LogP contribution in [0.5, 0.6) is 0 Å². The van der Waals surface area contributed by atoms with Crippen molar-refractivity contribution in [2.45, 2.75) is 38.1 Å². The molecule has 0 saturated carbocycles. The molecule has 5 nitrogen and oxygen atoms in total. The molecule has 1 unspecified atom stereocenters. The molecule has 0 bridgehead atoms. The molecular weight excluding hydrogens is 338 g/mol. The third kappa shape index (κ3) is 5.44. The van der Waals surface area contributed by atoms with E-state index >= 15 is 0 Å². The van der Waals surface area contributed by atoms with Crippen LogP contribution in [-0.4, -0.2) is 60.4 Å². The molecule has 2 aliphatic heterocycles. The van der Waals surface area contributed by atoms with Crippen molar-refractivity contribution in [2.24, 2.45) is 0 Å². The normalized spacial score (nSPS) is 20.5. The summed E-state index contributed by atoms with van der Waals surface area (Å²) in [6, 6.07) is 10.0. The Hall–Kier alpha value is -1.59. The molecule has 2 aliphatic rings. The second-order valence-corrected chi connectivity index (χ2v) is 6.71. The average Bonchev–Trinajstić information content (AvgIpc) is 3.14. The van der Waals surface area contributed by atoms with Gasteiger partial charge in [-0.1, -0.05) is 30.3 Å². The van der Waals surface area contributed by atoms with Crippen LogP contribution in [0.1, 0.15) is 31.2 Å². The van der Waals surface area contributed by atoms with Crippen molar-refractivity contribution in [1.82, 2.24) is 15.1 Å². The smallest absolute Gasteiger partial charge is 0.240 e. The van der Waals surface area contributed by atoms with Gasteiger partial charge in [-0.25, -0.2) is 0 Å². The van der Waals surface area contributed by atoms with Gasteiger partial charge in [0.25, 0.3) is 0 Å². The minimum atomic E-state index is -0.344. The fraction of sp³-hybridized carbons (Fsp3) is 0.579. The summed E-state index contributed by atoms with van der Waals surface area (Å²) in [7, 11) is 0. The number of amides is 2. The highest BCUT2D eigenvalue weighted by Crippen LogP contribution is 2.13. The molecule has 2 amide bonds. The largest absolute Gasteiger partial charge is 0.343 e. The Morgan fingerprint density at radius 3 is 2.56 bits per heavy atom. The fourth-order valence-corrected chi connectivity index (χ4v) is 3.56. The third-order valence-corrected chi connectivity index (χ3v) is 4.96.